The molecule has 1 aromatic rings. The zero-order valence-corrected chi connectivity index (χ0v) is 20.4. The molecule has 184 valence electrons. The van der Waals surface area contributed by atoms with Crippen molar-refractivity contribution in [3.05, 3.63) is 36.9 Å². The number of carboxylic acids is 1. The molecule has 3 unspecified atom stereocenters. The molecule has 3 fully saturated rings. The third kappa shape index (κ3) is 3.69. The van der Waals surface area contributed by atoms with Crippen molar-refractivity contribution in [3.8, 4) is 5.75 Å². The molecule has 3 aliphatic rings. The first kappa shape index (κ1) is 24.6. The quantitative estimate of drug-likeness (QED) is 0.385. The molecule has 34 heavy (non-hydrogen) atoms. The lowest BCUT2D eigenvalue weighted by Gasteiger charge is -2.40. The van der Waals surface area contributed by atoms with Gasteiger partial charge in [-0.2, -0.15) is 0 Å². The Morgan fingerprint density at radius 2 is 2.03 bits per heavy atom. The fourth-order valence-corrected chi connectivity index (χ4v) is 8.49. The van der Waals surface area contributed by atoms with Gasteiger partial charge in [0.2, 0.25) is 5.91 Å². The fourth-order valence-electron chi connectivity index (χ4n) is 6.08. The summed E-state index contributed by atoms with van der Waals surface area (Å²) < 4.78 is 4.46. The SMILES string of the molecule is C=CCN(C(=O)C1N(CCCCO)C(=O)[C@@H]2[C@H](C(=O)O)[C@@H]3CC(C)C12S3)c1ccc(OC)cc1. The summed E-state index contributed by atoms with van der Waals surface area (Å²) in [5.41, 5.74) is 0.660. The molecule has 0 saturated carbocycles. The lowest BCUT2D eigenvalue weighted by molar-refractivity contribution is -0.149. The smallest absolute Gasteiger partial charge is 0.308 e. The van der Waals surface area contributed by atoms with Gasteiger partial charge in [0.05, 0.1) is 23.7 Å². The molecule has 1 aromatic carbocycles. The summed E-state index contributed by atoms with van der Waals surface area (Å²) in [5, 5.41) is 19.1. The number of nitrogens with zero attached hydrogens (tertiary/aromatic N) is 2. The van der Waals surface area contributed by atoms with Gasteiger partial charge in [0.1, 0.15) is 11.8 Å². The van der Waals surface area contributed by atoms with E-state index < -0.39 is 28.6 Å². The number of aliphatic hydroxyl groups excluding tert-OH is 1. The fraction of sp³-hybridized carbons (Fsp3) is 0.560. The van der Waals surface area contributed by atoms with Crippen LogP contribution in [0.4, 0.5) is 5.69 Å². The number of likely N-dealkylation sites (tertiary alicyclic amines) is 1. The summed E-state index contributed by atoms with van der Waals surface area (Å²) >= 11 is 1.53. The zero-order valence-electron chi connectivity index (χ0n) is 19.6. The molecule has 2 bridgehead atoms. The maximum atomic E-state index is 14.3. The first-order valence-corrected chi connectivity index (χ1v) is 12.6. The van der Waals surface area contributed by atoms with Crippen molar-refractivity contribution in [1.29, 1.82) is 0 Å². The van der Waals surface area contributed by atoms with Crippen LogP contribution in [-0.4, -0.2) is 75.7 Å². The molecule has 6 atom stereocenters. The first-order valence-electron chi connectivity index (χ1n) is 11.7. The Kier molecular flexibility index (Phi) is 6.96. The molecular weight excluding hydrogens is 456 g/mol. The van der Waals surface area contributed by atoms with E-state index in [9.17, 15) is 24.6 Å². The number of carbonyl (C=O) groups excluding carboxylic acids is 2. The normalized spacial score (nSPS) is 31.4. The summed E-state index contributed by atoms with van der Waals surface area (Å²) in [6, 6.07) is 6.37. The van der Waals surface area contributed by atoms with Gasteiger partial charge < -0.3 is 24.7 Å². The average molecular weight is 489 g/mol. The monoisotopic (exact) mass is 488 g/mol. The highest BCUT2D eigenvalue weighted by molar-refractivity contribution is 8.02. The number of carboxylic acid groups (broad SMARTS) is 1. The van der Waals surface area contributed by atoms with Crippen molar-refractivity contribution < 1.29 is 29.3 Å². The summed E-state index contributed by atoms with van der Waals surface area (Å²) in [5.74, 6) is -2.28. The van der Waals surface area contributed by atoms with Crippen LogP contribution in [0.3, 0.4) is 0 Å². The van der Waals surface area contributed by atoms with Gasteiger partial charge in [-0.25, -0.2) is 0 Å². The van der Waals surface area contributed by atoms with Crippen LogP contribution in [0.2, 0.25) is 0 Å². The van der Waals surface area contributed by atoms with Crippen LogP contribution < -0.4 is 9.64 Å². The van der Waals surface area contributed by atoms with Crippen LogP contribution in [-0.2, 0) is 14.4 Å². The van der Waals surface area contributed by atoms with Crippen LogP contribution in [0.1, 0.15) is 26.2 Å². The van der Waals surface area contributed by atoms with Gasteiger partial charge in [-0.3, -0.25) is 14.4 Å². The number of unbranched alkanes of at least 4 members (excludes halogenated alkanes) is 1. The lowest BCUT2D eigenvalue weighted by atomic mass is 9.66. The standard InChI is InChI=1S/C25H32N2O6S/c1-4-11-26(16-7-9-17(33-3)10-8-16)23(30)21-25-15(2)14-18(34-25)19(24(31)32)20(25)22(29)27(21)12-5-6-13-28/h4,7-10,15,18-21,28H,1,5-6,11-14H2,2-3H3,(H,31,32)/t15?,18-,19+,20-,21?,25?/m0/s1. The number of amides is 2. The Morgan fingerprint density at radius 3 is 2.62 bits per heavy atom. The van der Waals surface area contributed by atoms with Crippen LogP contribution >= 0.6 is 11.8 Å². The van der Waals surface area contributed by atoms with E-state index in [1.807, 2.05) is 6.92 Å². The number of aliphatic hydroxyl groups is 1. The molecule has 2 N–H and O–H groups in total. The van der Waals surface area contributed by atoms with E-state index >= 15 is 0 Å². The minimum atomic E-state index is -0.967. The van der Waals surface area contributed by atoms with Crippen molar-refractivity contribution in [2.75, 3.05) is 31.7 Å². The molecule has 4 rings (SSSR count). The third-order valence-corrected chi connectivity index (χ3v) is 9.61. The minimum absolute atomic E-state index is 0.00533. The van der Waals surface area contributed by atoms with E-state index in [1.54, 1.807) is 47.3 Å². The Morgan fingerprint density at radius 1 is 1.32 bits per heavy atom. The highest BCUT2D eigenvalue weighted by Gasteiger charge is 2.76. The number of carbonyl (C=O) groups is 3. The maximum absolute atomic E-state index is 14.3. The minimum Gasteiger partial charge on any atom is -0.497 e. The van der Waals surface area contributed by atoms with Crippen molar-refractivity contribution in [1.82, 2.24) is 4.90 Å². The van der Waals surface area contributed by atoms with Gasteiger partial charge in [-0.15, -0.1) is 18.3 Å². The molecule has 3 aliphatic heterocycles. The van der Waals surface area contributed by atoms with Gasteiger partial charge in [0.25, 0.3) is 5.91 Å². The van der Waals surface area contributed by atoms with E-state index in [0.717, 1.165) is 0 Å². The van der Waals surface area contributed by atoms with Crippen LogP contribution in [0, 0.1) is 17.8 Å². The van der Waals surface area contributed by atoms with Crippen LogP contribution in [0.15, 0.2) is 36.9 Å². The second-order valence-electron chi connectivity index (χ2n) is 9.29. The topological polar surface area (TPSA) is 107 Å². The molecule has 1 spiro atoms. The number of hydrogen-bond acceptors (Lipinski definition) is 6. The van der Waals surface area contributed by atoms with Crippen molar-refractivity contribution in [3.63, 3.8) is 0 Å². The number of benzene rings is 1. The predicted octanol–water partition coefficient (Wildman–Crippen LogP) is 2.41. The lowest BCUT2D eigenvalue weighted by Crippen LogP contribution is -2.57. The van der Waals surface area contributed by atoms with Crippen molar-refractivity contribution >= 4 is 35.2 Å². The van der Waals surface area contributed by atoms with Gasteiger partial charge in [0, 0.05) is 30.6 Å². The van der Waals surface area contributed by atoms with Crippen LogP contribution in [0.5, 0.6) is 5.75 Å². The average Bonchev–Trinajstić information content (AvgIpc) is 3.41. The van der Waals surface area contributed by atoms with Crippen LogP contribution in [0.25, 0.3) is 0 Å². The zero-order chi connectivity index (χ0) is 24.6. The van der Waals surface area contributed by atoms with Gasteiger partial charge >= 0.3 is 5.97 Å². The third-order valence-electron chi connectivity index (χ3n) is 7.53. The summed E-state index contributed by atoms with van der Waals surface area (Å²) in [4.78, 5) is 43.4. The number of rotatable bonds is 10. The molecule has 2 amide bonds. The Hall–Kier alpha value is -2.52. The molecule has 3 saturated heterocycles. The van der Waals surface area contributed by atoms with E-state index in [2.05, 4.69) is 6.58 Å². The molecule has 9 heteroatoms. The second kappa shape index (κ2) is 9.62. The summed E-state index contributed by atoms with van der Waals surface area (Å²) in [6.07, 6.45) is 3.36. The number of hydrogen-bond donors (Lipinski definition) is 2. The molecule has 0 radical (unpaired) electrons. The Labute approximate surface area is 203 Å². The number of anilines is 1. The van der Waals surface area contributed by atoms with E-state index in [-0.39, 0.29) is 36.1 Å². The van der Waals surface area contributed by atoms with Gasteiger partial charge in [-0.1, -0.05) is 13.0 Å². The largest absolute Gasteiger partial charge is 0.497 e. The highest BCUT2D eigenvalue weighted by Crippen LogP contribution is 2.68. The molecular formula is C25H32N2O6S. The highest BCUT2D eigenvalue weighted by atomic mass is 32.2. The van der Waals surface area contributed by atoms with Gasteiger partial charge in [0.15, 0.2) is 0 Å². The van der Waals surface area contributed by atoms with E-state index in [4.69, 9.17) is 4.74 Å². The van der Waals surface area contributed by atoms with Crippen molar-refractivity contribution in [2.24, 2.45) is 17.8 Å². The maximum Gasteiger partial charge on any atom is 0.308 e. The van der Waals surface area contributed by atoms with E-state index in [1.165, 1.54) is 11.8 Å². The number of thioether (sulfide) groups is 1. The number of ether oxygens (including phenoxy) is 1. The second-order valence-corrected chi connectivity index (χ2v) is 10.8. The molecule has 3 heterocycles. The molecule has 8 nitrogen and oxygen atoms in total. The number of methoxy groups -OCH3 is 1. The summed E-state index contributed by atoms with van der Waals surface area (Å²) in [6.45, 7) is 6.41. The Bertz CT molecular complexity index is 969. The van der Waals surface area contributed by atoms with E-state index in [0.29, 0.717) is 37.2 Å². The number of aliphatic carboxylic acids is 1. The molecule has 0 aromatic heterocycles. The summed E-state index contributed by atoms with van der Waals surface area (Å²) in [7, 11) is 1.57. The first-order chi connectivity index (χ1) is 16.3. The predicted molar refractivity (Wildman–Crippen MR) is 130 cm³/mol. The van der Waals surface area contributed by atoms with Crippen molar-refractivity contribution in [2.45, 2.75) is 42.2 Å². The molecule has 0 aliphatic carbocycles. The Balaban J connectivity index is 1.77. The number of fused-ring (bicyclic) bond motifs is 1. The van der Waals surface area contributed by atoms with Gasteiger partial charge in [-0.05, 0) is 49.4 Å².